The van der Waals surface area contributed by atoms with Gasteiger partial charge in [0.05, 0.1) is 29.3 Å². The number of benzene rings is 2. The lowest BCUT2D eigenvalue weighted by Crippen LogP contribution is -2.29. The summed E-state index contributed by atoms with van der Waals surface area (Å²) in [4.78, 5) is 54.6. The number of nitro benzene ring substituents is 1. The van der Waals surface area contributed by atoms with Crippen LogP contribution in [0.1, 0.15) is 38.1 Å². The molecule has 11 heteroatoms. The fourth-order valence-electron chi connectivity index (χ4n) is 3.76. The van der Waals surface area contributed by atoms with E-state index in [-0.39, 0.29) is 21.3 Å². The van der Waals surface area contributed by atoms with E-state index in [1.807, 2.05) is 6.92 Å². The minimum atomic E-state index is -1.13. The lowest BCUT2D eigenvalue weighted by atomic mass is 9.95. The number of aliphatic hydroxyl groups is 1. The Labute approximate surface area is 203 Å². The second kappa shape index (κ2) is 9.11. The molecule has 2 heterocycles. The lowest BCUT2D eigenvalue weighted by Gasteiger charge is -2.23. The number of amides is 1. The van der Waals surface area contributed by atoms with Crippen LogP contribution < -0.4 is 4.90 Å². The highest BCUT2D eigenvalue weighted by atomic mass is 32.1. The molecule has 178 valence electrons. The molecule has 0 aliphatic carbocycles. The Balaban J connectivity index is 1.93. The molecule has 0 unspecified atom stereocenters. The molecule has 1 aromatic heterocycles. The summed E-state index contributed by atoms with van der Waals surface area (Å²) in [5.74, 6) is -2.93. The van der Waals surface area contributed by atoms with E-state index in [4.69, 9.17) is 4.74 Å². The van der Waals surface area contributed by atoms with E-state index in [0.717, 1.165) is 21.8 Å². The number of non-ortho nitro benzene ring substituents is 1. The molecule has 1 atom stereocenters. The summed E-state index contributed by atoms with van der Waals surface area (Å²) in [5, 5.41) is 22.3. The van der Waals surface area contributed by atoms with Crippen LogP contribution in [-0.4, -0.2) is 39.8 Å². The summed E-state index contributed by atoms with van der Waals surface area (Å²) in [6.45, 7) is 3.43. The highest BCUT2D eigenvalue weighted by Gasteiger charge is 2.48. The number of rotatable bonds is 5. The number of hydrogen-bond acceptors (Lipinski definition) is 9. The largest absolute Gasteiger partial charge is 0.507 e. The number of anilines is 1. The zero-order valence-electron chi connectivity index (χ0n) is 18.8. The smallest absolute Gasteiger partial charge is 0.350 e. The molecule has 1 aliphatic rings. The minimum Gasteiger partial charge on any atom is -0.507 e. The molecule has 35 heavy (non-hydrogen) atoms. The number of methoxy groups -OCH3 is 1. The average molecular weight is 493 g/mol. The average Bonchev–Trinajstić information content (AvgIpc) is 3.35. The summed E-state index contributed by atoms with van der Waals surface area (Å²) in [7, 11) is 1.21. The van der Waals surface area contributed by atoms with Gasteiger partial charge < -0.3 is 9.84 Å². The van der Waals surface area contributed by atoms with E-state index < -0.39 is 34.4 Å². The molecule has 0 radical (unpaired) electrons. The molecular formula is C24H19N3O7S. The normalized spacial score (nSPS) is 17.0. The van der Waals surface area contributed by atoms with Crippen molar-refractivity contribution in [3.8, 4) is 0 Å². The van der Waals surface area contributed by atoms with Crippen molar-refractivity contribution in [1.82, 2.24) is 4.98 Å². The molecule has 1 N–H and O–H groups in total. The molecule has 1 aliphatic heterocycles. The molecule has 3 aromatic rings. The van der Waals surface area contributed by atoms with Gasteiger partial charge in [-0.2, -0.15) is 0 Å². The van der Waals surface area contributed by atoms with Crippen LogP contribution >= 0.6 is 11.3 Å². The van der Waals surface area contributed by atoms with Crippen LogP contribution in [0.25, 0.3) is 5.76 Å². The van der Waals surface area contributed by atoms with Crippen molar-refractivity contribution in [2.75, 3.05) is 12.0 Å². The van der Waals surface area contributed by atoms with Crippen molar-refractivity contribution in [2.24, 2.45) is 0 Å². The van der Waals surface area contributed by atoms with Crippen molar-refractivity contribution < 1.29 is 29.2 Å². The first-order valence-corrected chi connectivity index (χ1v) is 11.1. The molecule has 1 saturated heterocycles. The number of esters is 1. The number of Topliss-reactive ketones (excluding diaryl/α,β-unsaturated/α-hetero) is 1. The number of ketones is 1. The van der Waals surface area contributed by atoms with Crippen LogP contribution in [-0.2, 0) is 14.3 Å². The van der Waals surface area contributed by atoms with Gasteiger partial charge >= 0.3 is 11.9 Å². The molecule has 0 saturated carbocycles. The number of carbonyl (C=O) groups excluding carboxylic acids is 3. The fourth-order valence-corrected chi connectivity index (χ4v) is 4.77. The monoisotopic (exact) mass is 493 g/mol. The number of nitrogens with zero attached hydrogens (tertiary/aromatic N) is 3. The first-order chi connectivity index (χ1) is 16.6. The first-order valence-electron chi connectivity index (χ1n) is 10.3. The highest BCUT2D eigenvalue weighted by molar-refractivity contribution is 7.17. The van der Waals surface area contributed by atoms with Gasteiger partial charge in [0.15, 0.2) is 5.13 Å². The lowest BCUT2D eigenvalue weighted by molar-refractivity contribution is -0.384. The van der Waals surface area contributed by atoms with Crippen LogP contribution in [0.4, 0.5) is 10.8 Å². The number of aliphatic hydroxyl groups excluding tert-OH is 1. The van der Waals surface area contributed by atoms with Crippen LogP contribution in [0.2, 0.25) is 0 Å². The Kier molecular flexibility index (Phi) is 6.18. The predicted octanol–water partition coefficient (Wildman–Crippen LogP) is 4.08. The van der Waals surface area contributed by atoms with E-state index in [0.29, 0.717) is 16.8 Å². The zero-order chi connectivity index (χ0) is 25.4. The standard InChI is InChI=1S/C24H19N3O7S/c1-12-4-6-15(7-5-12)19(28)17-18(14-8-10-16(11-9-14)27(32)33)26(22(30)20(17)29)24-25-13(2)21(35-24)23(31)34-3/h4-11,18,28H,1-3H3/t18-/m0/s1. The maximum Gasteiger partial charge on any atom is 0.350 e. The predicted molar refractivity (Wildman–Crippen MR) is 127 cm³/mol. The van der Waals surface area contributed by atoms with Crippen molar-refractivity contribution in [1.29, 1.82) is 0 Å². The number of carbonyl (C=O) groups is 3. The van der Waals surface area contributed by atoms with E-state index >= 15 is 0 Å². The Hall–Kier alpha value is -4.38. The van der Waals surface area contributed by atoms with Crippen molar-refractivity contribution in [2.45, 2.75) is 19.9 Å². The van der Waals surface area contributed by atoms with Gasteiger partial charge in [-0.15, -0.1) is 0 Å². The Bertz CT molecular complexity index is 1390. The van der Waals surface area contributed by atoms with Crippen LogP contribution in [0.5, 0.6) is 0 Å². The van der Waals surface area contributed by atoms with Crippen LogP contribution in [0, 0.1) is 24.0 Å². The second-order valence-corrected chi connectivity index (χ2v) is 8.76. The molecule has 10 nitrogen and oxygen atoms in total. The summed E-state index contributed by atoms with van der Waals surface area (Å²) in [6.07, 6.45) is 0. The van der Waals surface area contributed by atoms with Crippen molar-refractivity contribution >= 4 is 45.6 Å². The van der Waals surface area contributed by atoms with Gasteiger partial charge in [-0.1, -0.05) is 41.2 Å². The third kappa shape index (κ3) is 4.17. The molecular weight excluding hydrogens is 474 g/mol. The summed E-state index contributed by atoms with van der Waals surface area (Å²) >= 11 is 0.868. The number of aryl methyl sites for hydroxylation is 2. The number of aromatic nitrogens is 1. The first kappa shape index (κ1) is 23.8. The molecule has 1 fully saturated rings. The van der Waals surface area contributed by atoms with E-state index in [1.54, 1.807) is 31.2 Å². The topological polar surface area (TPSA) is 140 Å². The quantitative estimate of drug-likeness (QED) is 0.140. The van der Waals surface area contributed by atoms with Crippen LogP contribution in [0.15, 0.2) is 54.1 Å². The van der Waals surface area contributed by atoms with Gasteiger partial charge in [-0.25, -0.2) is 9.78 Å². The Morgan fingerprint density at radius 2 is 1.74 bits per heavy atom. The van der Waals surface area contributed by atoms with Gasteiger partial charge in [0.2, 0.25) is 0 Å². The SMILES string of the molecule is COC(=O)c1sc(N2C(=O)C(=O)C(=C(O)c3ccc(C)cc3)[C@@H]2c2ccc([N+](=O)[O-])cc2)nc1C. The van der Waals surface area contributed by atoms with Crippen molar-refractivity contribution in [3.05, 3.63) is 91.5 Å². The number of nitro groups is 1. The maximum atomic E-state index is 13.2. The number of ether oxygens (including phenoxy) is 1. The fraction of sp³-hybridized carbons (Fsp3) is 0.167. The van der Waals surface area contributed by atoms with E-state index in [2.05, 4.69) is 4.98 Å². The summed E-state index contributed by atoms with van der Waals surface area (Å²) < 4.78 is 4.76. The van der Waals surface area contributed by atoms with Gasteiger partial charge in [0.1, 0.15) is 10.6 Å². The van der Waals surface area contributed by atoms with E-state index in [9.17, 15) is 29.6 Å². The molecule has 2 aromatic carbocycles. The Morgan fingerprint density at radius 3 is 2.31 bits per heavy atom. The Morgan fingerprint density at radius 1 is 1.11 bits per heavy atom. The molecule has 1 amide bonds. The third-order valence-corrected chi connectivity index (χ3v) is 6.69. The third-order valence-electron chi connectivity index (χ3n) is 5.55. The van der Waals surface area contributed by atoms with Crippen LogP contribution in [0.3, 0.4) is 0 Å². The zero-order valence-corrected chi connectivity index (χ0v) is 19.7. The van der Waals surface area contributed by atoms with Gasteiger partial charge in [-0.3, -0.25) is 24.6 Å². The highest BCUT2D eigenvalue weighted by Crippen LogP contribution is 2.44. The van der Waals surface area contributed by atoms with Crippen molar-refractivity contribution in [3.63, 3.8) is 0 Å². The number of thiazole rings is 1. The van der Waals surface area contributed by atoms with Gasteiger partial charge in [0.25, 0.3) is 11.5 Å². The molecule has 0 spiro atoms. The van der Waals surface area contributed by atoms with E-state index in [1.165, 1.54) is 31.4 Å². The summed E-state index contributed by atoms with van der Waals surface area (Å²) in [5.41, 5.74) is 1.53. The minimum absolute atomic E-state index is 0.0521. The molecule has 0 bridgehead atoms. The second-order valence-electron chi connectivity index (χ2n) is 7.79. The van der Waals surface area contributed by atoms with Gasteiger partial charge in [0, 0.05) is 17.7 Å². The number of hydrogen-bond donors (Lipinski definition) is 1. The molecule has 4 rings (SSSR count). The van der Waals surface area contributed by atoms with Gasteiger partial charge in [-0.05, 0) is 31.5 Å². The summed E-state index contributed by atoms with van der Waals surface area (Å²) in [6, 6.07) is 10.9. The maximum absolute atomic E-state index is 13.2.